The van der Waals surface area contributed by atoms with Crippen LogP contribution in [0, 0.1) is 0 Å². The van der Waals surface area contributed by atoms with Gasteiger partial charge in [-0.1, -0.05) is 24.3 Å². The number of amides is 2. The predicted molar refractivity (Wildman–Crippen MR) is 119 cm³/mol. The number of carbonyl (C=O) groups excluding carboxylic acids is 2. The molecule has 6 nitrogen and oxygen atoms in total. The van der Waals surface area contributed by atoms with Gasteiger partial charge in [0.1, 0.15) is 6.10 Å². The number of ether oxygens (including phenoxy) is 1. The molecule has 3 heterocycles. The fraction of sp³-hybridized carbons (Fsp3) is 0.360. The third kappa shape index (κ3) is 3.95. The zero-order chi connectivity index (χ0) is 21.2. The molecule has 2 aromatic carbocycles. The quantitative estimate of drug-likeness (QED) is 0.769. The van der Waals surface area contributed by atoms with Crippen LogP contribution in [0.3, 0.4) is 0 Å². The van der Waals surface area contributed by atoms with Crippen LogP contribution in [0.4, 0.5) is 11.4 Å². The summed E-state index contributed by atoms with van der Waals surface area (Å²) in [6.45, 7) is 2.92. The van der Waals surface area contributed by atoms with Gasteiger partial charge in [0.05, 0.1) is 0 Å². The van der Waals surface area contributed by atoms with E-state index in [4.69, 9.17) is 4.74 Å². The zero-order valence-electron chi connectivity index (χ0n) is 17.6. The van der Waals surface area contributed by atoms with Crippen LogP contribution in [0.2, 0.25) is 0 Å². The van der Waals surface area contributed by atoms with Gasteiger partial charge in [-0.25, -0.2) is 0 Å². The van der Waals surface area contributed by atoms with Crippen molar-refractivity contribution < 1.29 is 14.3 Å². The maximum Gasteiger partial charge on any atom is 0.253 e. The maximum absolute atomic E-state index is 13.0. The molecule has 0 saturated carbocycles. The van der Waals surface area contributed by atoms with Crippen LogP contribution in [-0.4, -0.2) is 60.5 Å². The number of para-hydroxylation sites is 1. The van der Waals surface area contributed by atoms with Crippen LogP contribution in [-0.2, 0) is 16.0 Å². The van der Waals surface area contributed by atoms with Gasteiger partial charge in [-0.15, -0.1) is 0 Å². The Morgan fingerprint density at radius 3 is 2.39 bits per heavy atom. The molecule has 160 valence electrons. The molecule has 2 saturated heterocycles. The number of hydrogen-bond donors (Lipinski definition) is 0. The number of carbonyl (C=O) groups is 2. The summed E-state index contributed by atoms with van der Waals surface area (Å²) in [5.41, 5.74) is 4.18. The first-order valence-corrected chi connectivity index (χ1v) is 11.0. The lowest BCUT2D eigenvalue weighted by molar-refractivity contribution is -0.142. The molecule has 3 aliphatic heterocycles. The Balaban J connectivity index is 1.23. The minimum Gasteiger partial charge on any atom is -0.368 e. The first-order chi connectivity index (χ1) is 15.2. The Labute approximate surface area is 182 Å². The molecule has 2 amide bonds. The molecule has 5 rings (SSSR count). The summed E-state index contributed by atoms with van der Waals surface area (Å²) in [7, 11) is 0. The highest BCUT2D eigenvalue weighted by Gasteiger charge is 2.31. The lowest BCUT2D eigenvalue weighted by Gasteiger charge is -2.35. The Kier molecular flexibility index (Phi) is 5.47. The van der Waals surface area contributed by atoms with E-state index in [-0.39, 0.29) is 17.9 Å². The monoisotopic (exact) mass is 417 g/mol. The molecule has 2 fully saturated rings. The average Bonchev–Trinajstić information content (AvgIpc) is 3.38. The molecule has 0 spiro atoms. The van der Waals surface area contributed by atoms with Gasteiger partial charge in [0.15, 0.2) is 0 Å². The second kappa shape index (κ2) is 8.55. The summed E-state index contributed by atoms with van der Waals surface area (Å²) in [6.07, 6.45) is 6.64. The summed E-state index contributed by atoms with van der Waals surface area (Å²) in [5.74, 6) is 0.0918. The fourth-order valence-electron chi connectivity index (χ4n) is 4.56. The first kappa shape index (κ1) is 19.8. The molecule has 2 aromatic rings. The van der Waals surface area contributed by atoms with Crippen molar-refractivity contribution in [3.05, 3.63) is 71.9 Å². The SMILES string of the molecule is O=C(c1ccc(N2C=CCc3ccccc32)cc1)N1CCN(C(=O)C2CCCO2)CC1. The molecule has 1 unspecified atom stereocenters. The number of anilines is 2. The summed E-state index contributed by atoms with van der Waals surface area (Å²) in [4.78, 5) is 31.3. The Bertz CT molecular complexity index is 987. The number of piperazine rings is 1. The highest BCUT2D eigenvalue weighted by molar-refractivity contribution is 5.95. The lowest BCUT2D eigenvalue weighted by atomic mass is 10.0. The van der Waals surface area contributed by atoms with E-state index in [1.54, 1.807) is 0 Å². The van der Waals surface area contributed by atoms with Crippen LogP contribution in [0.1, 0.15) is 28.8 Å². The number of nitrogens with zero attached hydrogens (tertiary/aromatic N) is 3. The van der Waals surface area contributed by atoms with Gasteiger partial charge in [0.25, 0.3) is 11.8 Å². The van der Waals surface area contributed by atoms with E-state index in [1.165, 1.54) is 11.3 Å². The van der Waals surface area contributed by atoms with Gasteiger partial charge >= 0.3 is 0 Å². The standard InChI is InChI=1S/C25H27N3O3/c29-24(26-14-16-27(17-15-26)25(30)23-8-4-18-31-23)20-9-11-21(12-10-20)28-13-3-6-19-5-1-2-7-22(19)28/h1-3,5,7,9-13,23H,4,6,8,14-18H2. The molecular formula is C25H27N3O3. The van der Waals surface area contributed by atoms with Gasteiger partial charge in [-0.2, -0.15) is 0 Å². The van der Waals surface area contributed by atoms with Crippen molar-refractivity contribution in [2.75, 3.05) is 37.7 Å². The van der Waals surface area contributed by atoms with Crippen LogP contribution < -0.4 is 4.90 Å². The van der Waals surface area contributed by atoms with Crippen LogP contribution in [0.25, 0.3) is 0 Å². The molecule has 1 atom stereocenters. The number of hydrogen-bond acceptors (Lipinski definition) is 4. The zero-order valence-corrected chi connectivity index (χ0v) is 17.6. The highest BCUT2D eigenvalue weighted by atomic mass is 16.5. The molecule has 3 aliphatic rings. The van der Waals surface area contributed by atoms with E-state index in [1.807, 2.05) is 40.1 Å². The predicted octanol–water partition coefficient (Wildman–Crippen LogP) is 3.36. The minimum absolute atomic E-state index is 0.0188. The third-order valence-electron chi connectivity index (χ3n) is 6.32. The van der Waals surface area contributed by atoms with E-state index < -0.39 is 0 Å². The smallest absolute Gasteiger partial charge is 0.253 e. The molecule has 0 aromatic heterocycles. The van der Waals surface area contributed by atoms with Crippen LogP contribution in [0.15, 0.2) is 60.8 Å². The van der Waals surface area contributed by atoms with Crippen LogP contribution >= 0.6 is 0 Å². The molecule has 6 heteroatoms. The third-order valence-corrected chi connectivity index (χ3v) is 6.32. The molecule has 31 heavy (non-hydrogen) atoms. The fourth-order valence-corrected chi connectivity index (χ4v) is 4.56. The lowest BCUT2D eigenvalue weighted by Crippen LogP contribution is -2.52. The van der Waals surface area contributed by atoms with Gasteiger partial charge < -0.3 is 19.4 Å². The molecule has 0 radical (unpaired) electrons. The van der Waals surface area contributed by atoms with Crippen molar-refractivity contribution >= 4 is 23.2 Å². The van der Waals surface area contributed by atoms with Gasteiger partial charge in [-0.3, -0.25) is 9.59 Å². The Morgan fingerprint density at radius 2 is 1.65 bits per heavy atom. The molecule has 0 bridgehead atoms. The second-order valence-corrected chi connectivity index (χ2v) is 8.25. The van der Waals surface area contributed by atoms with Crippen molar-refractivity contribution in [3.8, 4) is 0 Å². The normalized spacial score (nSPS) is 20.6. The number of fused-ring (bicyclic) bond motifs is 1. The van der Waals surface area contributed by atoms with Crippen molar-refractivity contribution in [3.63, 3.8) is 0 Å². The first-order valence-electron chi connectivity index (χ1n) is 11.0. The minimum atomic E-state index is -0.288. The van der Waals surface area contributed by atoms with E-state index in [0.29, 0.717) is 38.3 Å². The largest absolute Gasteiger partial charge is 0.368 e. The number of rotatable bonds is 3. The summed E-state index contributed by atoms with van der Waals surface area (Å²) in [6, 6.07) is 16.2. The number of allylic oxidation sites excluding steroid dienone is 1. The van der Waals surface area contributed by atoms with Gasteiger partial charge in [-0.05, 0) is 55.2 Å². The van der Waals surface area contributed by atoms with Crippen LogP contribution in [0.5, 0.6) is 0 Å². The molecule has 0 aliphatic carbocycles. The second-order valence-electron chi connectivity index (χ2n) is 8.25. The van der Waals surface area contributed by atoms with Crippen molar-refractivity contribution in [1.29, 1.82) is 0 Å². The Hall–Kier alpha value is -3.12. The average molecular weight is 418 g/mol. The van der Waals surface area contributed by atoms with Crippen molar-refractivity contribution in [2.45, 2.75) is 25.4 Å². The van der Waals surface area contributed by atoms with E-state index in [0.717, 1.165) is 24.9 Å². The van der Waals surface area contributed by atoms with Gasteiger partial charge in [0.2, 0.25) is 0 Å². The topological polar surface area (TPSA) is 53.1 Å². The van der Waals surface area contributed by atoms with E-state index >= 15 is 0 Å². The van der Waals surface area contributed by atoms with E-state index in [9.17, 15) is 9.59 Å². The maximum atomic E-state index is 13.0. The van der Waals surface area contributed by atoms with Gasteiger partial charge in [0, 0.05) is 55.9 Å². The summed E-state index contributed by atoms with van der Waals surface area (Å²) >= 11 is 0. The van der Waals surface area contributed by atoms with Crippen molar-refractivity contribution in [2.24, 2.45) is 0 Å². The van der Waals surface area contributed by atoms with E-state index in [2.05, 4.69) is 35.4 Å². The summed E-state index contributed by atoms with van der Waals surface area (Å²) < 4.78 is 5.51. The highest BCUT2D eigenvalue weighted by Crippen LogP contribution is 2.32. The Morgan fingerprint density at radius 1 is 0.903 bits per heavy atom. The molecular weight excluding hydrogens is 390 g/mol. The van der Waals surface area contributed by atoms with Crippen molar-refractivity contribution in [1.82, 2.24) is 9.80 Å². The number of benzene rings is 2. The summed E-state index contributed by atoms with van der Waals surface area (Å²) in [5, 5.41) is 0. The molecule has 0 N–H and O–H groups in total.